The summed E-state index contributed by atoms with van der Waals surface area (Å²) >= 11 is 0. The molecule has 0 aromatic heterocycles. The van der Waals surface area contributed by atoms with Gasteiger partial charge in [0.05, 0.1) is 17.9 Å². The molecule has 0 saturated carbocycles. The molecule has 0 aliphatic heterocycles. The maximum Gasteiger partial charge on any atom is 0.266 e. The lowest BCUT2D eigenvalue weighted by molar-refractivity contribution is -0.122. The van der Waals surface area contributed by atoms with Crippen molar-refractivity contribution in [3.8, 4) is 0 Å². The van der Waals surface area contributed by atoms with Gasteiger partial charge in [0.2, 0.25) is 5.91 Å². The van der Waals surface area contributed by atoms with E-state index in [1.807, 2.05) is 0 Å². The Labute approximate surface area is 286 Å². The second-order valence-electron chi connectivity index (χ2n) is 13.9. The number of hydrogen-bond donors (Lipinski definition) is 3. The lowest BCUT2D eigenvalue weighted by atomic mass is 10.0. The molecular formula is C39H77NO5S. The highest BCUT2D eigenvalue weighted by Gasteiger charge is 2.26. The first-order valence-corrected chi connectivity index (χ1v) is 21.5. The van der Waals surface area contributed by atoms with Crippen molar-refractivity contribution in [2.45, 2.75) is 225 Å². The minimum Gasteiger partial charge on any atom is -0.391 e. The highest BCUT2D eigenvalue weighted by Crippen LogP contribution is 2.16. The van der Waals surface area contributed by atoms with Crippen LogP contribution in [0.1, 0.15) is 213 Å². The SMILES string of the molecule is CCCCCCCC/C=C\CCCCCCCCCCCC(=O)NC(CS(=O)(=O)O)C(O)CCCCCCCCCCCCCC. The fourth-order valence-corrected chi connectivity index (χ4v) is 6.97. The van der Waals surface area contributed by atoms with Gasteiger partial charge in [0.15, 0.2) is 0 Å². The number of carbonyl (C=O) groups is 1. The van der Waals surface area contributed by atoms with E-state index < -0.39 is 28.0 Å². The van der Waals surface area contributed by atoms with Gasteiger partial charge in [0, 0.05) is 6.42 Å². The van der Waals surface area contributed by atoms with E-state index >= 15 is 0 Å². The summed E-state index contributed by atoms with van der Waals surface area (Å²) in [6.07, 6.45) is 40.1. The van der Waals surface area contributed by atoms with Gasteiger partial charge in [0.1, 0.15) is 0 Å². The number of amides is 1. The number of aliphatic hydroxyl groups excluding tert-OH is 1. The Morgan fingerprint density at radius 2 is 0.913 bits per heavy atom. The smallest absolute Gasteiger partial charge is 0.266 e. The third-order valence-corrected chi connectivity index (χ3v) is 10.0. The zero-order valence-corrected chi connectivity index (χ0v) is 31.3. The standard InChI is InChI=1S/C39H77NO5S/c1-3-5-7-9-11-13-15-17-18-19-20-21-22-23-25-27-29-31-33-35-39(42)40-37(36-46(43,44)45)38(41)34-32-30-28-26-24-16-14-12-10-8-6-4-2/h17-18,37-38,41H,3-16,19-36H2,1-2H3,(H,40,42)(H,43,44,45)/b18-17-. The van der Waals surface area contributed by atoms with Crippen molar-refractivity contribution >= 4 is 16.0 Å². The molecule has 7 heteroatoms. The molecule has 0 rings (SSSR count). The van der Waals surface area contributed by atoms with E-state index in [-0.39, 0.29) is 5.91 Å². The summed E-state index contributed by atoms with van der Waals surface area (Å²) in [7, 11) is -4.30. The second kappa shape index (κ2) is 34.0. The molecule has 0 saturated heterocycles. The molecule has 2 atom stereocenters. The van der Waals surface area contributed by atoms with Crippen LogP contribution in [0.15, 0.2) is 12.2 Å². The van der Waals surface area contributed by atoms with E-state index in [2.05, 4.69) is 31.3 Å². The van der Waals surface area contributed by atoms with E-state index in [1.165, 1.54) is 148 Å². The molecule has 0 aliphatic carbocycles. The van der Waals surface area contributed by atoms with Crippen LogP contribution < -0.4 is 5.32 Å². The number of aliphatic hydroxyl groups is 1. The van der Waals surface area contributed by atoms with Crippen molar-refractivity contribution in [1.82, 2.24) is 5.32 Å². The van der Waals surface area contributed by atoms with Crippen LogP contribution in [0.3, 0.4) is 0 Å². The molecule has 0 bridgehead atoms. The Morgan fingerprint density at radius 3 is 1.30 bits per heavy atom. The number of carbonyl (C=O) groups excluding carboxylic acids is 1. The van der Waals surface area contributed by atoms with Crippen molar-refractivity contribution in [3.05, 3.63) is 12.2 Å². The van der Waals surface area contributed by atoms with Gasteiger partial charge < -0.3 is 10.4 Å². The number of nitrogens with one attached hydrogen (secondary N) is 1. The minimum absolute atomic E-state index is 0.247. The van der Waals surface area contributed by atoms with E-state index in [0.717, 1.165) is 38.5 Å². The second-order valence-corrected chi connectivity index (χ2v) is 15.4. The van der Waals surface area contributed by atoms with Crippen LogP contribution in [0.5, 0.6) is 0 Å². The van der Waals surface area contributed by atoms with Crippen molar-refractivity contribution in [3.63, 3.8) is 0 Å². The molecule has 0 aliphatic rings. The van der Waals surface area contributed by atoms with Gasteiger partial charge in [-0.05, 0) is 38.5 Å². The monoisotopic (exact) mass is 672 g/mol. The Hall–Kier alpha value is -0.920. The zero-order valence-electron chi connectivity index (χ0n) is 30.5. The van der Waals surface area contributed by atoms with Crippen LogP contribution in [0.4, 0.5) is 0 Å². The Kier molecular flexibility index (Phi) is 33.3. The predicted octanol–water partition coefficient (Wildman–Crippen LogP) is 11.4. The van der Waals surface area contributed by atoms with Crippen LogP contribution in [0.25, 0.3) is 0 Å². The fraction of sp³-hybridized carbons (Fsp3) is 0.923. The molecule has 0 aromatic carbocycles. The summed E-state index contributed by atoms with van der Waals surface area (Å²) in [4.78, 5) is 12.5. The van der Waals surface area contributed by atoms with Crippen LogP contribution in [0, 0.1) is 0 Å². The molecule has 0 aromatic rings. The van der Waals surface area contributed by atoms with Gasteiger partial charge in [-0.3, -0.25) is 9.35 Å². The highest BCUT2D eigenvalue weighted by molar-refractivity contribution is 7.85. The third-order valence-electron chi connectivity index (χ3n) is 9.22. The molecule has 46 heavy (non-hydrogen) atoms. The van der Waals surface area contributed by atoms with Gasteiger partial charge >= 0.3 is 0 Å². The number of unbranched alkanes of at least 4 members (excludes halogenated alkanes) is 26. The lowest BCUT2D eigenvalue weighted by Gasteiger charge is -2.23. The summed E-state index contributed by atoms with van der Waals surface area (Å²) in [6, 6.07) is -0.967. The Balaban J connectivity index is 3.83. The number of rotatable bonds is 36. The molecule has 1 amide bonds. The molecule has 6 nitrogen and oxygen atoms in total. The van der Waals surface area contributed by atoms with Crippen molar-refractivity contribution in [1.29, 1.82) is 0 Å². The molecular weight excluding hydrogens is 594 g/mol. The average Bonchev–Trinajstić information content (AvgIpc) is 3.01. The van der Waals surface area contributed by atoms with E-state index in [4.69, 9.17) is 0 Å². The molecule has 274 valence electrons. The molecule has 0 spiro atoms. The summed E-state index contributed by atoms with van der Waals surface area (Å²) in [5, 5.41) is 13.3. The summed E-state index contributed by atoms with van der Waals surface area (Å²) in [5.41, 5.74) is 0. The fourth-order valence-electron chi connectivity index (χ4n) is 6.21. The van der Waals surface area contributed by atoms with Gasteiger partial charge in [-0.1, -0.05) is 180 Å². The van der Waals surface area contributed by atoms with Gasteiger partial charge in [-0.15, -0.1) is 0 Å². The summed E-state index contributed by atoms with van der Waals surface area (Å²) in [5.74, 6) is -0.892. The van der Waals surface area contributed by atoms with Crippen LogP contribution in [-0.2, 0) is 14.9 Å². The van der Waals surface area contributed by atoms with Crippen LogP contribution in [0.2, 0.25) is 0 Å². The molecule has 0 radical (unpaired) electrons. The highest BCUT2D eigenvalue weighted by atomic mass is 32.2. The van der Waals surface area contributed by atoms with Crippen LogP contribution in [-0.4, -0.2) is 41.9 Å². The van der Waals surface area contributed by atoms with E-state index in [9.17, 15) is 22.9 Å². The number of hydrogen-bond acceptors (Lipinski definition) is 4. The average molecular weight is 672 g/mol. The number of allylic oxidation sites excluding steroid dienone is 2. The first kappa shape index (κ1) is 45.1. The third kappa shape index (κ3) is 34.4. The maximum absolute atomic E-state index is 12.5. The molecule has 3 N–H and O–H groups in total. The first-order valence-electron chi connectivity index (χ1n) is 19.9. The van der Waals surface area contributed by atoms with Crippen molar-refractivity contribution in [2.75, 3.05) is 5.75 Å². The largest absolute Gasteiger partial charge is 0.391 e. The molecule has 0 heterocycles. The lowest BCUT2D eigenvalue weighted by Crippen LogP contribution is -2.47. The van der Waals surface area contributed by atoms with E-state index in [0.29, 0.717) is 12.8 Å². The quantitative estimate of drug-likeness (QED) is 0.0349. The predicted molar refractivity (Wildman–Crippen MR) is 198 cm³/mol. The summed E-state index contributed by atoms with van der Waals surface area (Å²) in [6.45, 7) is 4.51. The normalized spacial score (nSPS) is 13.4. The first-order chi connectivity index (χ1) is 22.3. The van der Waals surface area contributed by atoms with Crippen molar-refractivity contribution < 1.29 is 22.9 Å². The van der Waals surface area contributed by atoms with Gasteiger partial charge in [0.25, 0.3) is 10.1 Å². The Morgan fingerprint density at radius 1 is 0.565 bits per heavy atom. The maximum atomic E-state index is 12.5. The van der Waals surface area contributed by atoms with E-state index in [1.54, 1.807) is 0 Å². The molecule has 2 unspecified atom stereocenters. The zero-order chi connectivity index (χ0) is 34.0. The topological polar surface area (TPSA) is 104 Å². The Bertz CT molecular complexity index is 785. The van der Waals surface area contributed by atoms with Gasteiger partial charge in [-0.25, -0.2) is 0 Å². The minimum atomic E-state index is -4.30. The van der Waals surface area contributed by atoms with Crippen molar-refractivity contribution in [2.24, 2.45) is 0 Å². The molecule has 0 fully saturated rings. The van der Waals surface area contributed by atoms with Crippen LogP contribution >= 0.6 is 0 Å². The van der Waals surface area contributed by atoms with Gasteiger partial charge in [-0.2, -0.15) is 8.42 Å². The summed E-state index contributed by atoms with van der Waals surface area (Å²) < 4.78 is 32.4.